The molecule has 1 fully saturated rings. The first-order chi connectivity index (χ1) is 11.3. The molecule has 24 heavy (non-hydrogen) atoms. The van der Waals surface area contributed by atoms with E-state index in [1.807, 2.05) is 31.3 Å². The minimum absolute atomic E-state index is 0.0550. The highest BCUT2D eigenvalue weighted by Gasteiger charge is 2.60. The quantitative estimate of drug-likeness (QED) is 0.714. The van der Waals surface area contributed by atoms with Gasteiger partial charge in [-0.05, 0) is 49.4 Å². The Bertz CT molecular complexity index is 600. The Labute approximate surface area is 145 Å². The van der Waals surface area contributed by atoms with Crippen LogP contribution in [-0.2, 0) is 4.79 Å². The van der Waals surface area contributed by atoms with E-state index in [9.17, 15) is 4.79 Å². The number of likely N-dealkylation sites (N-methyl/N-ethyl adjacent to an activating group) is 1. The number of nitrogens with zero attached hydrogens (tertiary/aromatic N) is 1. The van der Waals surface area contributed by atoms with Gasteiger partial charge < -0.3 is 14.4 Å². The summed E-state index contributed by atoms with van der Waals surface area (Å²) in [4.78, 5) is 14.4. The monoisotopic (exact) mass is 331 g/mol. The van der Waals surface area contributed by atoms with Crippen molar-refractivity contribution in [3.05, 3.63) is 35.9 Å². The van der Waals surface area contributed by atoms with Crippen LogP contribution in [0.2, 0.25) is 0 Å². The molecule has 0 aromatic heterocycles. The van der Waals surface area contributed by atoms with E-state index in [4.69, 9.17) is 9.47 Å². The van der Waals surface area contributed by atoms with Crippen molar-refractivity contribution in [2.45, 2.75) is 27.7 Å². The molecule has 1 amide bonds. The maximum atomic E-state index is 12.7. The second-order valence-corrected chi connectivity index (χ2v) is 7.35. The Kier molecular flexibility index (Phi) is 5.58. The molecule has 1 aliphatic rings. The number of benzene rings is 1. The van der Waals surface area contributed by atoms with Gasteiger partial charge in [0, 0.05) is 7.05 Å². The summed E-state index contributed by atoms with van der Waals surface area (Å²) in [6, 6.07) is 7.47. The number of amides is 1. The Morgan fingerprint density at radius 2 is 1.79 bits per heavy atom. The molecule has 2 atom stereocenters. The third-order valence-corrected chi connectivity index (χ3v) is 4.82. The van der Waals surface area contributed by atoms with Gasteiger partial charge in [-0.25, -0.2) is 0 Å². The molecular formula is C20H29NO3. The predicted octanol–water partition coefficient (Wildman–Crippen LogP) is 3.77. The number of carbonyl (C=O) groups excluding carboxylic acids is 1. The molecule has 0 radical (unpaired) electrons. The molecule has 0 bridgehead atoms. The van der Waals surface area contributed by atoms with E-state index >= 15 is 0 Å². The van der Waals surface area contributed by atoms with Gasteiger partial charge >= 0.3 is 0 Å². The second-order valence-electron chi connectivity index (χ2n) is 7.35. The van der Waals surface area contributed by atoms with Crippen molar-refractivity contribution in [1.29, 1.82) is 0 Å². The van der Waals surface area contributed by atoms with Crippen molar-refractivity contribution in [1.82, 2.24) is 4.90 Å². The average molecular weight is 331 g/mol. The highest BCUT2D eigenvalue weighted by molar-refractivity contribution is 5.83. The molecule has 4 heteroatoms. The summed E-state index contributed by atoms with van der Waals surface area (Å²) in [6.07, 6.45) is 2.23. The summed E-state index contributed by atoms with van der Waals surface area (Å²) >= 11 is 0. The predicted molar refractivity (Wildman–Crippen MR) is 96.3 cm³/mol. The average Bonchev–Trinajstić information content (AvgIpc) is 3.06. The molecule has 1 aromatic carbocycles. The Morgan fingerprint density at radius 3 is 2.33 bits per heavy atom. The Morgan fingerprint density at radius 1 is 1.21 bits per heavy atom. The molecule has 4 nitrogen and oxygen atoms in total. The zero-order valence-electron chi connectivity index (χ0n) is 15.6. The van der Waals surface area contributed by atoms with Crippen molar-refractivity contribution in [3.8, 4) is 11.5 Å². The van der Waals surface area contributed by atoms with Crippen LogP contribution >= 0.6 is 0 Å². The first kappa shape index (κ1) is 18.4. The van der Waals surface area contributed by atoms with Gasteiger partial charge in [-0.15, -0.1) is 0 Å². The van der Waals surface area contributed by atoms with Crippen LogP contribution in [-0.4, -0.2) is 38.1 Å². The van der Waals surface area contributed by atoms with Crippen LogP contribution in [0.4, 0.5) is 0 Å². The molecule has 0 aliphatic heterocycles. The third kappa shape index (κ3) is 4.11. The van der Waals surface area contributed by atoms with E-state index in [0.717, 1.165) is 11.5 Å². The molecular weight excluding hydrogens is 302 g/mol. The number of allylic oxidation sites excluding steroid dienone is 2. The molecule has 132 valence electrons. The molecule has 1 saturated carbocycles. The fraction of sp³-hybridized carbons (Fsp3) is 0.550. The van der Waals surface area contributed by atoms with Crippen molar-refractivity contribution in [2.24, 2.45) is 17.3 Å². The van der Waals surface area contributed by atoms with Gasteiger partial charge in [0.15, 0.2) is 0 Å². The lowest BCUT2D eigenvalue weighted by molar-refractivity contribution is -0.132. The molecule has 0 spiro atoms. The van der Waals surface area contributed by atoms with Gasteiger partial charge in [-0.1, -0.05) is 25.5 Å². The third-order valence-electron chi connectivity index (χ3n) is 4.82. The smallest absolute Gasteiger partial charge is 0.226 e. The number of hydrogen-bond donors (Lipinski definition) is 0. The Hall–Kier alpha value is -1.97. The van der Waals surface area contributed by atoms with E-state index in [0.29, 0.717) is 19.1 Å². The van der Waals surface area contributed by atoms with Crippen molar-refractivity contribution in [2.75, 3.05) is 27.3 Å². The van der Waals surface area contributed by atoms with Crippen LogP contribution in [0.25, 0.3) is 0 Å². The van der Waals surface area contributed by atoms with Crippen LogP contribution in [0, 0.1) is 17.3 Å². The lowest BCUT2D eigenvalue weighted by atomic mass is 10.1. The SMILES string of the molecule is COc1ccc(OCCN(C)C(=O)C2C(C=C(C)C)C2(C)C)cc1. The second kappa shape index (κ2) is 7.29. The summed E-state index contributed by atoms with van der Waals surface area (Å²) in [6.45, 7) is 9.57. The zero-order chi connectivity index (χ0) is 17.9. The van der Waals surface area contributed by atoms with Crippen molar-refractivity contribution < 1.29 is 14.3 Å². The number of carbonyl (C=O) groups is 1. The number of rotatable bonds is 7. The Balaban J connectivity index is 1.83. The van der Waals surface area contributed by atoms with Crippen LogP contribution in [0.3, 0.4) is 0 Å². The number of methoxy groups -OCH3 is 1. The molecule has 0 saturated heterocycles. The van der Waals surface area contributed by atoms with Crippen LogP contribution in [0.5, 0.6) is 11.5 Å². The van der Waals surface area contributed by atoms with Crippen LogP contribution < -0.4 is 9.47 Å². The summed E-state index contributed by atoms with van der Waals surface area (Å²) in [7, 11) is 3.49. The van der Waals surface area contributed by atoms with Gasteiger partial charge in [-0.3, -0.25) is 4.79 Å². The minimum Gasteiger partial charge on any atom is -0.497 e. The lowest BCUT2D eigenvalue weighted by Crippen LogP contribution is -2.33. The molecule has 1 aromatic rings. The fourth-order valence-electron chi connectivity index (χ4n) is 3.14. The van der Waals surface area contributed by atoms with Crippen molar-refractivity contribution in [3.63, 3.8) is 0 Å². The van der Waals surface area contributed by atoms with E-state index in [-0.39, 0.29) is 17.2 Å². The zero-order valence-corrected chi connectivity index (χ0v) is 15.6. The summed E-state index contributed by atoms with van der Waals surface area (Å²) in [5.74, 6) is 2.22. The molecule has 0 N–H and O–H groups in total. The van der Waals surface area contributed by atoms with E-state index < -0.39 is 0 Å². The normalized spacial score (nSPS) is 20.9. The number of ether oxygens (including phenoxy) is 2. The molecule has 2 unspecified atom stereocenters. The van der Waals surface area contributed by atoms with Gasteiger partial charge in [0.25, 0.3) is 0 Å². The molecule has 1 aliphatic carbocycles. The maximum Gasteiger partial charge on any atom is 0.226 e. The highest BCUT2D eigenvalue weighted by atomic mass is 16.5. The van der Waals surface area contributed by atoms with Gasteiger partial charge in [0.2, 0.25) is 5.91 Å². The molecule has 2 rings (SSSR count). The van der Waals surface area contributed by atoms with Gasteiger partial charge in [-0.2, -0.15) is 0 Å². The van der Waals surface area contributed by atoms with E-state index in [1.54, 1.807) is 12.0 Å². The van der Waals surface area contributed by atoms with Gasteiger partial charge in [0.1, 0.15) is 18.1 Å². The summed E-state index contributed by atoms with van der Waals surface area (Å²) in [5, 5.41) is 0. The first-order valence-electron chi connectivity index (χ1n) is 8.44. The van der Waals surface area contributed by atoms with Crippen LogP contribution in [0.1, 0.15) is 27.7 Å². The van der Waals surface area contributed by atoms with Crippen LogP contribution in [0.15, 0.2) is 35.9 Å². The topological polar surface area (TPSA) is 38.8 Å². The van der Waals surface area contributed by atoms with E-state index in [1.165, 1.54) is 5.57 Å². The highest BCUT2D eigenvalue weighted by Crippen LogP contribution is 2.59. The first-order valence-corrected chi connectivity index (χ1v) is 8.44. The molecule has 0 heterocycles. The largest absolute Gasteiger partial charge is 0.497 e. The maximum absolute atomic E-state index is 12.7. The standard InChI is InChI=1S/C20H29NO3/c1-14(2)13-17-18(20(17,3)4)19(22)21(5)11-12-24-16-9-7-15(23-6)8-10-16/h7-10,13,17-18H,11-12H2,1-6H3. The van der Waals surface area contributed by atoms with Crippen molar-refractivity contribution >= 4 is 5.91 Å². The van der Waals surface area contributed by atoms with Gasteiger partial charge in [0.05, 0.1) is 19.6 Å². The fourth-order valence-corrected chi connectivity index (χ4v) is 3.14. The number of hydrogen-bond acceptors (Lipinski definition) is 3. The van der Waals surface area contributed by atoms with E-state index in [2.05, 4.69) is 33.8 Å². The minimum atomic E-state index is 0.0550. The summed E-state index contributed by atoms with van der Waals surface area (Å²) in [5.41, 5.74) is 1.33. The summed E-state index contributed by atoms with van der Waals surface area (Å²) < 4.78 is 10.8. The lowest BCUT2D eigenvalue weighted by Gasteiger charge is -2.18.